The number of halogens is 1. The van der Waals surface area contributed by atoms with Gasteiger partial charge >= 0.3 is 0 Å². The van der Waals surface area contributed by atoms with Gasteiger partial charge in [0.25, 0.3) is 0 Å². The van der Waals surface area contributed by atoms with Crippen molar-refractivity contribution >= 4 is 11.6 Å². The van der Waals surface area contributed by atoms with E-state index in [1.165, 1.54) is 11.1 Å². The van der Waals surface area contributed by atoms with Crippen molar-refractivity contribution < 1.29 is 4.74 Å². The first kappa shape index (κ1) is 13.1. The first-order valence-corrected chi connectivity index (χ1v) is 5.77. The van der Waals surface area contributed by atoms with Gasteiger partial charge in [-0.2, -0.15) is 0 Å². The Morgan fingerprint density at radius 2 is 2.06 bits per heavy atom. The molecule has 1 N–H and O–H groups in total. The number of benzene rings is 1. The monoisotopic (exact) mass is 239 g/mol. The zero-order chi connectivity index (χ0) is 12.0. The van der Waals surface area contributed by atoms with Gasteiger partial charge in [-0.15, -0.1) is 0 Å². The summed E-state index contributed by atoms with van der Waals surface area (Å²) >= 11 is 5.55. The standard InChI is InChI=1S/C13H18ClNO/c1-10(8-14)9-16-13-6-4-12(5-7-13)11(2)15-3/h4-8,11,15H,9H2,1-3H3/b10-8+. The van der Waals surface area contributed by atoms with E-state index in [-0.39, 0.29) is 0 Å². The molecule has 1 aromatic rings. The van der Waals surface area contributed by atoms with Gasteiger partial charge in [0.15, 0.2) is 0 Å². The van der Waals surface area contributed by atoms with Gasteiger partial charge in [-0.1, -0.05) is 23.7 Å². The molecule has 0 saturated carbocycles. The Hall–Kier alpha value is -0.990. The molecule has 0 spiro atoms. The van der Waals surface area contributed by atoms with Crippen LogP contribution in [0, 0.1) is 0 Å². The SMILES string of the molecule is CNC(C)c1ccc(OC/C(C)=C/Cl)cc1. The highest BCUT2D eigenvalue weighted by molar-refractivity contribution is 6.25. The lowest BCUT2D eigenvalue weighted by Crippen LogP contribution is -2.11. The summed E-state index contributed by atoms with van der Waals surface area (Å²) in [6.45, 7) is 4.59. The van der Waals surface area contributed by atoms with Crippen LogP contribution in [-0.4, -0.2) is 13.7 Å². The number of rotatable bonds is 5. The lowest BCUT2D eigenvalue weighted by atomic mass is 10.1. The summed E-state index contributed by atoms with van der Waals surface area (Å²) in [5, 5.41) is 3.19. The minimum atomic E-state index is 0.360. The fourth-order valence-electron chi connectivity index (χ4n) is 1.25. The van der Waals surface area contributed by atoms with Crippen molar-refractivity contribution in [3.8, 4) is 5.75 Å². The molecule has 0 heterocycles. The van der Waals surface area contributed by atoms with E-state index in [2.05, 4.69) is 24.4 Å². The summed E-state index contributed by atoms with van der Waals surface area (Å²) in [5.74, 6) is 0.866. The molecule has 1 rings (SSSR count). The van der Waals surface area contributed by atoms with Gasteiger partial charge in [0, 0.05) is 11.6 Å². The molecular weight excluding hydrogens is 222 g/mol. The normalized spacial score (nSPS) is 13.6. The minimum absolute atomic E-state index is 0.360. The average Bonchev–Trinajstić information content (AvgIpc) is 2.35. The molecule has 88 valence electrons. The van der Waals surface area contributed by atoms with E-state index in [0.717, 1.165) is 11.3 Å². The molecule has 0 fully saturated rings. The predicted octanol–water partition coefficient (Wildman–Crippen LogP) is 3.49. The molecule has 0 aromatic heterocycles. The van der Waals surface area contributed by atoms with Crippen LogP contribution in [0.3, 0.4) is 0 Å². The molecule has 0 bridgehead atoms. The van der Waals surface area contributed by atoms with Crippen molar-refractivity contribution in [3.63, 3.8) is 0 Å². The second-order valence-electron chi connectivity index (χ2n) is 3.82. The van der Waals surface area contributed by atoms with Crippen LogP contribution < -0.4 is 10.1 Å². The zero-order valence-electron chi connectivity index (χ0n) is 9.96. The van der Waals surface area contributed by atoms with Crippen LogP contribution in [0.1, 0.15) is 25.5 Å². The third-order valence-electron chi connectivity index (χ3n) is 2.47. The summed E-state index contributed by atoms with van der Waals surface area (Å²) in [4.78, 5) is 0. The van der Waals surface area contributed by atoms with Gasteiger partial charge in [0.05, 0.1) is 0 Å². The molecule has 1 aromatic carbocycles. The fourth-order valence-corrected chi connectivity index (χ4v) is 1.31. The van der Waals surface area contributed by atoms with Crippen molar-refractivity contribution in [2.24, 2.45) is 0 Å². The Balaban J connectivity index is 2.58. The maximum Gasteiger partial charge on any atom is 0.119 e. The molecule has 0 aliphatic rings. The van der Waals surface area contributed by atoms with Gasteiger partial charge < -0.3 is 10.1 Å². The third-order valence-corrected chi connectivity index (χ3v) is 2.84. The molecule has 2 nitrogen and oxygen atoms in total. The second-order valence-corrected chi connectivity index (χ2v) is 4.04. The largest absolute Gasteiger partial charge is 0.489 e. The lowest BCUT2D eigenvalue weighted by Gasteiger charge is -2.11. The Kier molecular flexibility index (Phi) is 5.36. The van der Waals surface area contributed by atoms with E-state index in [1.54, 1.807) is 0 Å². The molecule has 0 aliphatic heterocycles. The van der Waals surface area contributed by atoms with Gasteiger partial charge in [-0.05, 0) is 44.2 Å². The first-order chi connectivity index (χ1) is 7.67. The molecular formula is C13H18ClNO. The molecule has 3 heteroatoms. The van der Waals surface area contributed by atoms with E-state index in [1.807, 2.05) is 26.1 Å². The van der Waals surface area contributed by atoms with Gasteiger partial charge in [0.1, 0.15) is 12.4 Å². The average molecular weight is 240 g/mol. The van der Waals surface area contributed by atoms with Crippen molar-refractivity contribution in [2.45, 2.75) is 19.9 Å². The van der Waals surface area contributed by atoms with E-state index < -0.39 is 0 Å². The maximum atomic E-state index is 5.55. The molecule has 1 atom stereocenters. The summed E-state index contributed by atoms with van der Waals surface area (Å²) < 4.78 is 5.55. The predicted molar refractivity (Wildman–Crippen MR) is 69.0 cm³/mol. The molecule has 1 unspecified atom stereocenters. The van der Waals surface area contributed by atoms with Crippen molar-refractivity contribution in [1.29, 1.82) is 0 Å². The van der Waals surface area contributed by atoms with Crippen molar-refractivity contribution in [2.75, 3.05) is 13.7 Å². The molecule has 0 amide bonds. The summed E-state index contributed by atoms with van der Waals surface area (Å²) in [6.07, 6.45) is 0. The van der Waals surface area contributed by atoms with Crippen LogP contribution in [0.15, 0.2) is 35.4 Å². The van der Waals surface area contributed by atoms with Gasteiger partial charge in [-0.3, -0.25) is 0 Å². The summed E-state index contributed by atoms with van der Waals surface area (Å²) in [6, 6.07) is 8.44. The van der Waals surface area contributed by atoms with Crippen LogP contribution >= 0.6 is 11.6 Å². The smallest absolute Gasteiger partial charge is 0.119 e. The highest BCUT2D eigenvalue weighted by Crippen LogP contribution is 2.17. The van der Waals surface area contributed by atoms with Crippen molar-refractivity contribution in [3.05, 3.63) is 40.9 Å². The van der Waals surface area contributed by atoms with E-state index in [4.69, 9.17) is 16.3 Å². The Morgan fingerprint density at radius 3 is 2.56 bits per heavy atom. The first-order valence-electron chi connectivity index (χ1n) is 5.33. The quantitative estimate of drug-likeness (QED) is 0.850. The van der Waals surface area contributed by atoms with Crippen LogP contribution in [0.2, 0.25) is 0 Å². The Bertz CT molecular complexity index is 345. The van der Waals surface area contributed by atoms with E-state index >= 15 is 0 Å². The Morgan fingerprint density at radius 1 is 1.44 bits per heavy atom. The highest BCUT2D eigenvalue weighted by atomic mass is 35.5. The highest BCUT2D eigenvalue weighted by Gasteiger charge is 2.02. The van der Waals surface area contributed by atoms with Crippen LogP contribution in [0.25, 0.3) is 0 Å². The van der Waals surface area contributed by atoms with Crippen LogP contribution in [0.5, 0.6) is 5.75 Å². The topological polar surface area (TPSA) is 21.3 Å². The van der Waals surface area contributed by atoms with Crippen LogP contribution in [-0.2, 0) is 0 Å². The lowest BCUT2D eigenvalue weighted by molar-refractivity contribution is 0.352. The minimum Gasteiger partial charge on any atom is -0.489 e. The summed E-state index contributed by atoms with van der Waals surface area (Å²) in [7, 11) is 1.95. The third kappa shape index (κ3) is 3.87. The van der Waals surface area contributed by atoms with E-state index in [0.29, 0.717) is 12.6 Å². The molecule has 0 saturated heterocycles. The fraction of sp³-hybridized carbons (Fsp3) is 0.385. The zero-order valence-corrected chi connectivity index (χ0v) is 10.7. The number of hydrogen-bond acceptors (Lipinski definition) is 2. The van der Waals surface area contributed by atoms with E-state index in [9.17, 15) is 0 Å². The van der Waals surface area contributed by atoms with Gasteiger partial charge in [-0.25, -0.2) is 0 Å². The number of hydrogen-bond donors (Lipinski definition) is 1. The second kappa shape index (κ2) is 6.56. The van der Waals surface area contributed by atoms with Crippen molar-refractivity contribution in [1.82, 2.24) is 5.32 Å². The van der Waals surface area contributed by atoms with Gasteiger partial charge in [0.2, 0.25) is 0 Å². The molecule has 16 heavy (non-hydrogen) atoms. The summed E-state index contributed by atoms with van der Waals surface area (Å²) in [5.41, 5.74) is 3.80. The maximum absolute atomic E-state index is 5.55. The number of nitrogens with one attached hydrogen (secondary N) is 1. The van der Waals surface area contributed by atoms with Crippen LogP contribution in [0.4, 0.5) is 0 Å². The molecule has 0 aliphatic carbocycles. The number of ether oxygens (including phenoxy) is 1. The molecule has 0 radical (unpaired) electrons. The Labute approximate surface area is 102 Å².